The molecule has 0 bridgehead atoms. The zero-order chi connectivity index (χ0) is 17.3. The molecule has 0 aromatic carbocycles. The largest absolute Gasteiger partial charge is 0.467 e. The van der Waals surface area contributed by atoms with Gasteiger partial charge in [0, 0.05) is 0 Å². The molecule has 11 heteroatoms. The molecule has 0 amide bonds. The van der Waals surface area contributed by atoms with E-state index in [9.17, 15) is 15.0 Å². The van der Waals surface area contributed by atoms with Crippen LogP contribution < -0.4 is 5.73 Å². The minimum atomic E-state index is -1.15. The maximum absolute atomic E-state index is 11.3. The summed E-state index contributed by atoms with van der Waals surface area (Å²) < 4.78 is 17.1. The number of fused-ring (bicyclic) bond motifs is 1. The lowest BCUT2D eigenvalue weighted by molar-refractivity contribution is -0.152. The van der Waals surface area contributed by atoms with Crippen molar-refractivity contribution in [1.29, 1.82) is 0 Å². The third-order valence-electron chi connectivity index (χ3n) is 3.78. The normalized spacial score (nSPS) is 26.8. The van der Waals surface area contributed by atoms with Crippen molar-refractivity contribution in [2.45, 2.75) is 24.5 Å². The molecule has 0 spiro atoms. The Morgan fingerprint density at radius 3 is 2.96 bits per heavy atom. The summed E-state index contributed by atoms with van der Waals surface area (Å²) in [6, 6.07) is 0. The monoisotopic (exact) mass is 339 g/mol. The number of aliphatic hydroxyl groups is 2. The molecule has 0 radical (unpaired) electrons. The van der Waals surface area contributed by atoms with Gasteiger partial charge in [-0.05, 0) is 0 Å². The number of nitrogen functional groups attached to an aromatic ring is 1. The molecule has 1 saturated heterocycles. The number of nitrogens with zero attached hydrogens (tertiary/aromatic N) is 4. The van der Waals surface area contributed by atoms with Gasteiger partial charge in [0.25, 0.3) is 0 Å². The summed E-state index contributed by atoms with van der Waals surface area (Å²) in [6.07, 6.45) is -1.14. The Hall–Kier alpha value is -2.34. The number of hydrogen-bond acceptors (Lipinski definition) is 10. The van der Waals surface area contributed by atoms with E-state index in [1.54, 1.807) is 0 Å². The van der Waals surface area contributed by atoms with E-state index in [2.05, 4.69) is 19.7 Å². The maximum atomic E-state index is 11.3. The van der Waals surface area contributed by atoms with Gasteiger partial charge in [0.2, 0.25) is 0 Å². The van der Waals surface area contributed by atoms with Gasteiger partial charge in [-0.1, -0.05) is 0 Å². The van der Waals surface area contributed by atoms with E-state index in [0.29, 0.717) is 11.2 Å². The highest BCUT2D eigenvalue weighted by Gasteiger charge is 2.46. The Labute approximate surface area is 136 Å². The van der Waals surface area contributed by atoms with Gasteiger partial charge in [-0.3, -0.25) is 4.57 Å². The number of carbonyl (C=O) groups excluding carboxylic acids is 1. The Morgan fingerprint density at radius 1 is 1.46 bits per heavy atom. The lowest BCUT2D eigenvalue weighted by atomic mass is 10.1. The van der Waals surface area contributed by atoms with Gasteiger partial charge in [-0.25, -0.2) is 19.7 Å². The topological polar surface area (TPSA) is 155 Å². The SMILES string of the molecule is COC(=O)COC1C(O)[C@@H](CO)O[C@H]1n1cnc2c(N)ncnc21. The number of imidazole rings is 1. The smallest absolute Gasteiger partial charge is 0.331 e. The summed E-state index contributed by atoms with van der Waals surface area (Å²) in [5, 5.41) is 19.6. The van der Waals surface area contributed by atoms with E-state index in [0.717, 1.165) is 0 Å². The fourth-order valence-electron chi connectivity index (χ4n) is 2.55. The Morgan fingerprint density at radius 2 is 2.25 bits per heavy atom. The summed E-state index contributed by atoms with van der Waals surface area (Å²) in [5.41, 5.74) is 6.50. The second-order valence-electron chi connectivity index (χ2n) is 5.17. The molecule has 1 fully saturated rings. The van der Waals surface area contributed by atoms with Crippen LogP contribution in [0.3, 0.4) is 0 Å². The van der Waals surface area contributed by atoms with E-state index < -0.39 is 37.1 Å². The Bertz CT molecular complexity index is 737. The first-order chi connectivity index (χ1) is 11.6. The summed E-state index contributed by atoms with van der Waals surface area (Å²) in [7, 11) is 1.23. The number of aromatic nitrogens is 4. The van der Waals surface area contributed by atoms with Crippen molar-refractivity contribution in [3.8, 4) is 0 Å². The van der Waals surface area contributed by atoms with Crippen LogP contribution in [-0.2, 0) is 19.0 Å². The highest BCUT2D eigenvalue weighted by molar-refractivity contribution is 5.81. The average molecular weight is 339 g/mol. The van der Waals surface area contributed by atoms with Gasteiger partial charge in [0.05, 0.1) is 20.0 Å². The number of aliphatic hydroxyl groups excluding tert-OH is 2. The van der Waals surface area contributed by atoms with Crippen molar-refractivity contribution in [1.82, 2.24) is 19.5 Å². The third-order valence-corrected chi connectivity index (χ3v) is 3.78. The van der Waals surface area contributed by atoms with Gasteiger partial charge in [0.15, 0.2) is 17.7 Å². The molecule has 3 heterocycles. The molecule has 4 atom stereocenters. The highest BCUT2D eigenvalue weighted by Crippen LogP contribution is 2.33. The molecule has 130 valence electrons. The fourth-order valence-corrected chi connectivity index (χ4v) is 2.55. The molecule has 2 aromatic heterocycles. The van der Waals surface area contributed by atoms with Crippen LogP contribution in [0.5, 0.6) is 0 Å². The van der Waals surface area contributed by atoms with Crippen LogP contribution in [0.4, 0.5) is 5.82 Å². The van der Waals surface area contributed by atoms with Crippen molar-refractivity contribution >= 4 is 23.0 Å². The van der Waals surface area contributed by atoms with E-state index in [-0.39, 0.29) is 12.4 Å². The lowest BCUT2D eigenvalue weighted by Gasteiger charge is -2.21. The van der Waals surface area contributed by atoms with E-state index in [4.69, 9.17) is 15.2 Å². The highest BCUT2D eigenvalue weighted by atomic mass is 16.6. The summed E-state index contributed by atoms with van der Waals surface area (Å²) >= 11 is 0. The van der Waals surface area contributed by atoms with Crippen molar-refractivity contribution < 1.29 is 29.2 Å². The number of nitrogens with two attached hydrogens (primary N) is 1. The number of rotatable bonds is 5. The molecule has 0 aliphatic carbocycles. The second-order valence-corrected chi connectivity index (χ2v) is 5.17. The van der Waals surface area contributed by atoms with Crippen molar-refractivity contribution in [2.75, 3.05) is 26.1 Å². The first-order valence-electron chi connectivity index (χ1n) is 7.12. The molecule has 0 saturated carbocycles. The molecular weight excluding hydrogens is 322 g/mol. The fraction of sp³-hybridized carbons (Fsp3) is 0.538. The van der Waals surface area contributed by atoms with Crippen molar-refractivity contribution in [2.24, 2.45) is 0 Å². The minimum absolute atomic E-state index is 0.197. The molecule has 2 unspecified atom stereocenters. The predicted molar refractivity (Wildman–Crippen MR) is 78.5 cm³/mol. The number of esters is 1. The number of anilines is 1. The van der Waals surface area contributed by atoms with Crippen LogP contribution in [0.25, 0.3) is 11.2 Å². The zero-order valence-corrected chi connectivity index (χ0v) is 12.8. The molecule has 11 nitrogen and oxygen atoms in total. The summed E-state index contributed by atoms with van der Waals surface area (Å²) in [5.74, 6) is -0.404. The molecule has 4 N–H and O–H groups in total. The van der Waals surface area contributed by atoms with E-state index in [1.807, 2.05) is 0 Å². The number of hydrogen-bond donors (Lipinski definition) is 3. The van der Waals surface area contributed by atoms with E-state index >= 15 is 0 Å². The zero-order valence-electron chi connectivity index (χ0n) is 12.8. The van der Waals surface area contributed by atoms with E-state index in [1.165, 1.54) is 24.3 Å². The minimum Gasteiger partial charge on any atom is -0.467 e. The van der Waals surface area contributed by atoms with Crippen LogP contribution in [0.1, 0.15) is 6.23 Å². The number of ether oxygens (including phenoxy) is 3. The van der Waals surface area contributed by atoms with Crippen molar-refractivity contribution in [3.63, 3.8) is 0 Å². The second kappa shape index (κ2) is 6.65. The first kappa shape index (κ1) is 16.5. The Kier molecular flexibility index (Phi) is 4.57. The molecule has 24 heavy (non-hydrogen) atoms. The molecule has 1 aliphatic heterocycles. The van der Waals surface area contributed by atoms with Gasteiger partial charge >= 0.3 is 5.97 Å². The van der Waals surface area contributed by atoms with Crippen molar-refractivity contribution in [3.05, 3.63) is 12.7 Å². The lowest BCUT2D eigenvalue weighted by Crippen LogP contribution is -2.36. The van der Waals surface area contributed by atoms with Crippen LogP contribution in [0.2, 0.25) is 0 Å². The van der Waals surface area contributed by atoms with Crippen LogP contribution in [-0.4, -0.2) is 74.3 Å². The number of carbonyl (C=O) groups is 1. The third kappa shape index (κ3) is 2.78. The maximum Gasteiger partial charge on any atom is 0.331 e. The molecule has 2 aromatic rings. The quantitative estimate of drug-likeness (QED) is 0.532. The van der Waals surface area contributed by atoms with Gasteiger partial charge in [-0.2, -0.15) is 0 Å². The average Bonchev–Trinajstić information content (AvgIpc) is 3.14. The van der Waals surface area contributed by atoms with Gasteiger partial charge in [0.1, 0.15) is 36.8 Å². The van der Waals surface area contributed by atoms with Crippen LogP contribution in [0, 0.1) is 0 Å². The first-order valence-corrected chi connectivity index (χ1v) is 7.12. The van der Waals surface area contributed by atoms with Gasteiger partial charge in [-0.15, -0.1) is 0 Å². The van der Waals surface area contributed by atoms with Crippen LogP contribution >= 0.6 is 0 Å². The summed E-state index contributed by atoms with van der Waals surface area (Å²) in [4.78, 5) is 23.4. The predicted octanol–water partition coefficient (Wildman–Crippen LogP) is -1.78. The summed E-state index contributed by atoms with van der Waals surface area (Å²) in [6.45, 7) is -0.792. The standard InChI is InChI=1S/C13H17N5O6/c1-22-7(20)3-23-10-9(21)6(2-19)24-13(10)18-5-17-8-11(14)15-4-16-12(8)18/h4-6,9-10,13,19,21H,2-3H2,1H3,(H2,14,15,16)/t6-,9?,10?,13-/m1/s1. The van der Waals surface area contributed by atoms with Gasteiger partial charge < -0.3 is 30.2 Å². The number of methoxy groups -OCH3 is 1. The molecule has 3 rings (SSSR count). The van der Waals surface area contributed by atoms with Crippen LogP contribution in [0.15, 0.2) is 12.7 Å². The molecule has 1 aliphatic rings. The molecular formula is C13H17N5O6. The Balaban J connectivity index is 1.93.